The number of rotatable bonds is 6. The largest absolute Gasteiger partial charge is 0.381 e. The summed E-state index contributed by atoms with van der Waals surface area (Å²) in [6, 6.07) is 3.67. The maximum Gasteiger partial charge on any atom is 0.271 e. The fourth-order valence-corrected chi connectivity index (χ4v) is 2.21. The molecule has 0 fully saturated rings. The molecule has 2 rings (SSSR count). The maximum absolute atomic E-state index is 12.3. The smallest absolute Gasteiger partial charge is 0.271 e. The first-order chi connectivity index (χ1) is 10.1. The first-order valence-corrected chi connectivity index (χ1v) is 7.21. The van der Waals surface area contributed by atoms with Gasteiger partial charge in [0.2, 0.25) is 0 Å². The van der Waals surface area contributed by atoms with Crippen molar-refractivity contribution >= 4 is 23.3 Å². The van der Waals surface area contributed by atoms with E-state index in [0.717, 1.165) is 24.8 Å². The van der Waals surface area contributed by atoms with E-state index in [4.69, 9.17) is 17.3 Å². The molecule has 0 spiro atoms. The number of halogens is 1. The van der Waals surface area contributed by atoms with E-state index in [1.165, 1.54) is 0 Å². The molecule has 2 aromatic rings. The van der Waals surface area contributed by atoms with Crippen molar-refractivity contribution in [2.75, 3.05) is 5.73 Å². The lowest BCUT2D eigenvalue weighted by atomic mass is 10.0. The summed E-state index contributed by atoms with van der Waals surface area (Å²) in [5, 5.41) is 9.37. The quantitative estimate of drug-likeness (QED) is 0.764. The Morgan fingerprint density at radius 3 is 2.95 bits per heavy atom. The van der Waals surface area contributed by atoms with Crippen LogP contribution in [0.5, 0.6) is 0 Å². The minimum atomic E-state index is -0.325. The van der Waals surface area contributed by atoms with Gasteiger partial charge in [0.15, 0.2) is 5.82 Å². The van der Waals surface area contributed by atoms with E-state index < -0.39 is 0 Å². The Morgan fingerprint density at radius 1 is 1.57 bits per heavy atom. The van der Waals surface area contributed by atoms with E-state index in [0.29, 0.717) is 0 Å². The summed E-state index contributed by atoms with van der Waals surface area (Å²) in [6.45, 7) is 2.11. The molecule has 0 bridgehead atoms. The first-order valence-electron chi connectivity index (χ1n) is 6.83. The molecule has 21 heavy (non-hydrogen) atoms. The van der Waals surface area contributed by atoms with Crippen molar-refractivity contribution in [3.8, 4) is 0 Å². The molecule has 6 nitrogen and oxygen atoms in total. The molecule has 0 radical (unpaired) electrons. The molecule has 0 aliphatic heterocycles. The third-order valence-electron chi connectivity index (χ3n) is 3.20. The number of unbranched alkanes of at least 4 members (excludes halogenated alkanes) is 1. The van der Waals surface area contributed by atoms with E-state index >= 15 is 0 Å². The lowest BCUT2D eigenvalue weighted by Gasteiger charge is -2.18. The summed E-state index contributed by atoms with van der Waals surface area (Å²) in [5.74, 6) is -0.206. The van der Waals surface area contributed by atoms with E-state index in [-0.39, 0.29) is 28.5 Å². The lowest BCUT2D eigenvalue weighted by Crippen LogP contribution is -2.29. The molecule has 1 amide bonds. The average molecular weight is 308 g/mol. The Labute approximate surface area is 128 Å². The maximum atomic E-state index is 12.3. The molecule has 1 atom stereocenters. The summed E-state index contributed by atoms with van der Waals surface area (Å²) in [4.78, 5) is 16.4. The van der Waals surface area contributed by atoms with Crippen LogP contribution in [-0.2, 0) is 0 Å². The molecule has 0 aliphatic rings. The third-order valence-corrected chi connectivity index (χ3v) is 3.58. The van der Waals surface area contributed by atoms with Gasteiger partial charge in [-0.05, 0) is 18.1 Å². The van der Waals surface area contributed by atoms with Gasteiger partial charge in [0, 0.05) is 12.4 Å². The van der Waals surface area contributed by atoms with Crippen LogP contribution in [0.4, 0.5) is 5.82 Å². The van der Waals surface area contributed by atoms with Crippen LogP contribution in [0.1, 0.15) is 48.3 Å². The number of amides is 1. The molecule has 2 heterocycles. The second-order valence-corrected chi connectivity index (χ2v) is 5.13. The zero-order valence-corrected chi connectivity index (χ0v) is 12.5. The van der Waals surface area contributed by atoms with Crippen molar-refractivity contribution < 1.29 is 4.79 Å². The number of pyridine rings is 1. The van der Waals surface area contributed by atoms with Crippen LogP contribution in [0.15, 0.2) is 24.5 Å². The van der Waals surface area contributed by atoms with Gasteiger partial charge in [-0.25, -0.2) is 0 Å². The fourth-order valence-electron chi connectivity index (χ4n) is 2.04. The molecule has 1 unspecified atom stereocenters. The van der Waals surface area contributed by atoms with Crippen molar-refractivity contribution in [2.24, 2.45) is 0 Å². The standard InChI is InChI=1S/C14H18ClN5O/c1-2-3-6-10(9-5-4-7-17-8-9)18-14(21)12-11(15)13(16)20-19-12/h4-5,7-8,10H,2-3,6H2,1H3,(H,18,21)(H3,16,19,20). The zero-order chi connectivity index (χ0) is 15.2. The number of aromatic amines is 1. The summed E-state index contributed by atoms with van der Waals surface area (Å²) in [6.07, 6.45) is 6.33. The molecule has 0 saturated carbocycles. The number of anilines is 1. The van der Waals surface area contributed by atoms with Crippen LogP contribution >= 0.6 is 11.6 Å². The molecule has 112 valence electrons. The predicted octanol–water partition coefficient (Wildman–Crippen LogP) is 2.70. The SMILES string of the molecule is CCCCC(NC(=O)c1[nH]nc(N)c1Cl)c1cccnc1. The molecule has 7 heteroatoms. The van der Waals surface area contributed by atoms with Crippen LogP contribution in [0, 0.1) is 0 Å². The molecular formula is C14H18ClN5O. The predicted molar refractivity (Wildman–Crippen MR) is 82.0 cm³/mol. The molecule has 0 aliphatic carbocycles. The van der Waals surface area contributed by atoms with Crippen molar-refractivity contribution in [2.45, 2.75) is 32.2 Å². The number of hydrogen-bond donors (Lipinski definition) is 3. The summed E-state index contributed by atoms with van der Waals surface area (Å²) in [5.41, 5.74) is 6.68. The van der Waals surface area contributed by atoms with E-state index in [9.17, 15) is 4.79 Å². The van der Waals surface area contributed by atoms with Crippen LogP contribution in [0.2, 0.25) is 5.02 Å². The highest BCUT2D eigenvalue weighted by atomic mass is 35.5. The van der Waals surface area contributed by atoms with Gasteiger partial charge in [0.25, 0.3) is 5.91 Å². The summed E-state index contributed by atoms with van der Waals surface area (Å²) >= 11 is 5.95. The number of nitrogens with one attached hydrogen (secondary N) is 2. The second-order valence-electron chi connectivity index (χ2n) is 4.75. The first kappa shape index (κ1) is 15.3. The van der Waals surface area contributed by atoms with Gasteiger partial charge in [-0.3, -0.25) is 14.9 Å². The molecule has 0 aromatic carbocycles. The van der Waals surface area contributed by atoms with Gasteiger partial charge in [-0.2, -0.15) is 5.10 Å². The Morgan fingerprint density at radius 2 is 2.38 bits per heavy atom. The highest BCUT2D eigenvalue weighted by molar-refractivity contribution is 6.35. The molecule has 0 saturated heterocycles. The van der Waals surface area contributed by atoms with Crippen LogP contribution < -0.4 is 11.1 Å². The minimum absolute atomic E-state index is 0.119. The van der Waals surface area contributed by atoms with Crippen molar-refractivity contribution in [1.29, 1.82) is 0 Å². The Hall–Kier alpha value is -2.08. The topological polar surface area (TPSA) is 96.7 Å². The lowest BCUT2D eigenvalue weighted by molar-refractivity contribution is 0.0929. The third kappa shape index (κ3) is 3.72. The van der Waals surface area contributed by atoms with Crippen LogP contribution in [0.3, 0.4) is 0 Å². The fraction of sp³-hybridized carbons (Fsp3) is 0.357. The number of H-pyrrole nitrogens is 1. The number of carbonyl (C=O) groups excluding carboxylic acids is 1. The van der Waals surface area contributed by atoms with Gasteiger partial charge in [0.05, 0.1) is 6.04 Å². The number of nitrogens with two attached hydrogens (primary N) is 1. The molecule has 2 aromatic heterocycles. The Balaban J connectivity index is 2.15. The van der Waals surface area contributed by atoms with E-state index in [1.54, 1.807) is 12.4 Å². The summed E-state index contributed by atoms with van der Waals surface area (Å²) in [7, 11) is 0. The van der Waals surface area contributed by atoms with Gasteiger partial charge in [-0.15, -0.1) is 0 Å². The second kappa shape index (κ2) is 7.08. The average Bonchev–Trinajstić information content (AvgIpc) is 2.84. The van der Waals surface area contributed by atoms with E-state index in [1.807, 2.05) is 12.1 Å². The molecular weight excluding hydrogens is 290 g/mol. The van der Waals surface area contributed by atoms with E-state index in [2.05, 4.69) is 27.4 Å². The number of carbonyl (C=O) groups is 1. The number of nitrogens with zero attached hydrogens (tertiary/aromatic N) is 2. The Bertz CT molecular complexity index is 599. The zero-order valence-electron chi connectivity index (χ0n) is 11.8. The van der Waals surface area contributed by atoms with Gasteiger partial charge < -0.3 is 11.1 Å². The summed E-state index contributed by atoms with van der Waals surface area (Å²) < 4.78 is 0. The normalized spacial score (nSPS) is 12.1. The van der Waals surface area contributed by atoms with Crippen molar-refractivity contribution in [3.05, 3.63) is 40.8 Å². The van der Waals surface area contributed by atoms with Crippen LogP contribution in [0.25, 0.3) is 0 Å². The number of aromatic nitrogens is 3. The van der Waals surface area contributed by atoms with Crippen molar-refractivity contribution in [1.82, 2.24) is 20.5 Å². The Kier molecular flexibility index (Phi) is 5.16. The van der Waals surface area contributed by atoms with Gasteiger partial charge >= 0.3 is 0 Å². The molecule has 4 N–H and O–H groups in total. The highest BCUT2D eigenvalue weighted by Crippen LogP contribution is 2.23. The van der Waals surface area contributed by atoms with Crippen molar-refractivity contribution in [3.63, 3.8) is 0 Å². The van der Waals surface area contributed by atoms with Gasteiger partial charge in [0.1, 0.15) is 10.7 Å². The monoisotopic (exact) mass is 307 g/mol. The number of nitrogen functional groups attached to an aromatic ring is 1. The number of hydrogen-bond acceptors (Lipinski definition) is 4. The minimum Gasteiger partial charge on any atom is -0.381 e. The van der Waals surface area contributed by atoms with Gasteiger partial charge in [-0.1, -0.05) is 37.4 Å². The van der Waals surface area contributed by atoms with Crippen LogP contribution in [-0.4, -0.2) is 21.1 Å². The highest BCUT2D eigenvalue weighted by Gasteiger charge is 2.20.